The van der Waals surface area contributed by atoms with Crippen LogP contribution in [0.2, 0.25) is 0 Å². The molecule has 0 spiro atoms. The normalized spacial score (nSPS) is 14.0. The highest BCUT2D eigenvalue weighted by Crippen LogP contribution is 2.31. The van der Waals surface area contributed by atoms with Gasteiger partial charge in [0.25, 0.3) is 0 Å². The van der Waals surface area contributed by atoms with Crippen LogP contribution in [0.15, 0.2) is 42.7 Å². The van der Waals surface area contributed by atoms with E-state index < -0.39 is 0 Å². The van der Waals surface area contributed by atoms with Gasteiger partial charge in [0.05, 0.1) is 12.2 Å². The minimum Gasteiger partial charge on any atom is -0.490 e. The predicted molar refractivity (Wildman–Crippen MR) is 94.6 cm³/mol. The standard InChI is InChI=1S/C18H20N2OS/c1-19-10-12-21-18-14-16(4-5-17(18)19)3-2-15-6-8-20(9-7-15)11-13-22/h2-9,14H,10-13H2,1H3/p+1. The highest BCUT2D eigenvalue weighted by molar-refractivity contribution is 7.80. The Morgan fingerprint density at radius 2 is 1.95 bits per heavy atom. The van der Waals surface area contributed by atoms with Gasteiger partial charge in [-0.05, 0) is 23.3 Å². The highest BCUT2D eigenvalue weighted by Gasteiger charge is 2.14. The first-order valence-corrected chi connectivity index (χ1v) is 8.15. The van der Waals surface area contributed by atoms with Crippen molar-refractivity contribution in [1.29, 1.82) is 0 Å². The number of ether oxygens (including phenoxy) is 1. The molecule has 0 saturated heterocycles. The number of thiol groups is 1. The number of likely N-dealkylation sites (N-methyl/N-ethyl adjacent to an activating group) is 1. The van der Waals surface area contributed by atoms with Crippen molar-refractivity contribution in [2.75, 3.05) is 30.9 Å². The van der Waals surface area contributed by atoms with E-state index in [2.05, 4.69) is 84.0 Å². The first-order chi connectivity index (χ1) is 10.8. The van der Waals surface area contributed by atoms with Crippen molar-refractivity contribution in [1.82, 2.24) is 0 Å². The first-order valence-electron chi connectivity index (χ1n) is 7.52. The van der Waals surface area contributed by atoms with Gasteiger partial charge in [-0.3, -0.25) is 0 Å². The lowest BCUT2D eigenvalue weighted by Crippen LogP contribution is -2.33. The van der Waals surface area contributed by atoms with Gasteiger partial charge in [0, 0.05) is 24.9 Å². The van der Waals surface area contributed by atoms with E-state index in [1.165, 1.54) is 5.56 Å². The molecule has 22 heavy (non-hydrogen) atoms. The van der Waals surface area contributed by atoms with E-state index in [1.807, 2.05) is 0 Å². The van der Waals surface area contributed by atoms with Crippen molar-refractivity contribution in [2.24, 2.45) is 0 Å². The number of pyridine rings is 1. The van der Waals surface area contributed by atoms with Crippen molar-refractivity contribution >= 4 is 30.5 Å². The second kappa shape index (κ2) is 6.88. The van der Waals surface area contributed by atoms with Gasteiger partial charge in [0.2, 0.25) is 0 Å². The van der Waals surface area contributed by atoms with Crippen molar-refractivity contribution < 1.29 is 9.30 Å². The van der Waals surface area contributed by atoms with Crippen molar-refractivity contribution in [3.8, 4) is 5.75 Å². The third-order valence-corrected chi connectivity index (χ3v) is 4.02. The lowest BCUT2D eigenvalue weighted by molar-refractivity contribution is -0.692. The van der Waals surface area contributed by atoms with Gasteiger partial charge in [-0.1, -0.05) is 18.2 Å². The maximum Gasteiger partial charge on any atom is 0.169 e. The summed E-state index contributed by atoms with van der Waals surface area (Å²) in [6, 6.07) is 10.6. The molecule has 3 rings (SSSR count). The molecule has 0 radical (unpaired) electrons. The Labute approximate surface area is 137 Å². The van der Waals surface area contributed by atoms with Crippen LogP contribution >= 0.6 is 12.6 Å². The summed E-state index contributed by atoms with van der Waals surface area (Å²) in [6.45, 7) is 2.63. The summed E-state index contributed by atoms with van der Waals surface area (Å²) >= 11 is 4.24. The monoisotopic (exact) mass is 313 g/mol. The number of rotatable bonds is 4. The Bertz CT molecular complexity index is 667. The van der Waals surface area contributed by atoms with E-state index in [-0.39, 0.29) is 0 Å². The molecule has 3 nitrogen and oxygen atoms in total. The summed E-state index contributed by atoms with van der Waals surface area (Å²) in [5.74, 6) is 1.82. The van der Waals surface area contributed by atoms with Gasteiger partial charge >= 0.3 is 0 Å². The van der Waals surface area contributed by atoms with E-state index in [0.717, 1.165) is 42.4 Å². The number of hydrogen-bond acceptors (Lipinski definition) is 3. The van der Waals surface area contributed by atoms with E-state index >= 15 is 0 Å². The fraction of sp³-hybridized carbons (Fsp3) is 0.278. The van der Waals surface area contributed by atoms with Crippen molar-refractivity contribution in [2.45, 2.75) is 6.54 Å². The zero-order chi connectivity index (χ0) is 15.4. The molecule has 1 aliphatic rings. The van der Waals surface area contributed by atoms with Crippen LogP contribution in [0, 0.1) is 0 Å². The van der Waals surface area contributed by atoms with Crippen LogP contribution in [-0.2, 0) is 6.54 Å². The van der Waals surface area contributed by atoms with Crippen LogP contribution < -0.4 is 14.2 Å². The number of benzene rings is 1. The number of aromatic nitrogens is 1. The van der Waals surface area contributed by atoms with Crippen LogP contribution in [0.3, 0.4) is 0 Å². The second-order valence-corrected chi connectivity index (χ2v) is 5.87. The number of aryl methyl sites for hydroxylation is 1. The van der Waals surface area contributed by atoms with Gasteiger partial charge in [-0.2, -0.15) is 12.6 Å². The SMILES string of the molecule is CN1CCOc2cc(C=Cc3cc[n+](CCS)cc3)ccc21. The largest absolute Gasteiger partial charge is 0.490 e. The molecule has 0 bridgehead atoms. The zero-order valence-electron chi connectivity index (χ0n) is 12.8. The van der Waals surface area contributed by atoms with Gasteiger partial charge in [0.15, 0.2) is 18.9 Å². The maximum atomic E-state index is 5.74. The Morgan fingerprint density at radius 1 is 1.18 bits per heavy atom. The summed E-state index contributed by atoms with van der Waals surface area (Å²) in [7, 11) is 2.10. The van der Waals surface area contributed by atoms with Crippen molar-refractivity contribution in [3.63, 3.8) is 0 Å². The summed E-state index contributed by atoms with van der Waals surface area (Å²) in [4.78, 5) is 2.23. The highest BCUT2D eigenvalue weighted by atomic mass is 32.1. The molecule has 2 heterocycles. The zero-order valence-corrected chi connectivity index (χ0v) is 13.7. The van der Waals surface area contributed by atoms with Gasteiger partial charge < -0.3 is 9.64 Å². The molecule has 1 aromatic heterocycles. The average molecular weight is 313 g/mol. The van der Waals surface area contributed by atoms with Gasteiger partial charge in [0.1, 0.15) is 12.4 Å². The fourth-order valence-corrected chi connectivity index (χ4v) is 2.75. The molecule has 0 fully saturated rings. The van der Waals surface area contributed by atoms with E-state index in [1.54, 1.807) is 0 Å². The van der Waals surface area contributed by atoms with E-state index in [9.17, 15) is 0 Å². The van der Waals surface area contributed by atoms with Crippen LogP contribution in [0.5, 0.6) is 5.75 Å². The molecule has 0 amide bonds. The van der Waals surface area contributed by atoms with Gasteiger partial charge in [-0.15, -0.1) is 0 Å². The number of hydrogen-bond donors (Lipinski definition) is 1. The number of nitrogens with zero attached hydrogens (tertiary/aromatic N) is 2. The molecule has 0 saturated carbocycles. The van der Waals surface area contributed by atoms with Crippen LogP contribution in [0.1, 0.15) is 11.1 Å². The molecule has 0 unspecified atom stereocenters. The molecular formula is C18H21N2OS+. The second-order valence-electron chi connectivity index (χ2n) is 5.42. The summed E-state index contributed by atoms with van der Waals surface area (Å²) in [5.41, 5.74) is 3.50. The average Bonchev–Trinajstić information content (AvgIpc) is 2.55. The fourth-order valence-electron chi connectivity index (χ4n) is 2.52. The molecule has 0 N–H and O–H groups in total. The van der Waals surface area contributed by atoms with Crippen LogP contribution in [-0.4, -0.2) is 26.0 Å². The third-order valence-electron chi connectivity index (χ3n) is 3.82. The summed E-state index contributed by atoms with van der Waals surface area (Å²) in [5, 5.41) is 0. The molecule has 4 heteroatoms. The first kappa shape index (κ1) is 15.0. The maximum absolute atomic E-state index is 5.74. The van der Waals surface area contributed by atoms with E-state index in [0.29, 0.717) is 0 Å². The van der Waals surface area contributed by atoms with Crippen molar-refractivity contribution in [3.05, 3.63) is 53.9 Å². The topological polar surface area (TPSA) is 16.4 Å². The Balaban J connectivity index is 1.75. The minimum absolute atomic E-state index is 0.750. The predicted octanol–water partition coefficient (Wildman–Crippen LogP) is 2.90. The van der Waals surface area contributed by atoms with Gasteiger partial charge in [-0.25, -0.2) is 4.57 Å². The minimum atomic E-state index is 0.750. The molecule has 0 aliphatic carbocycles. The quantitative estimate of drug-likeness (QED) is 0.690. The lowest BCUT2D eigenvalue weighted by atomic mass is 10.1. The lowest BCUT2D eigenvalue weighted by Gasteiger charge is -2.27. The van der Waals surface area contributed by atoms with Crippen LogP contribution in [0.4, 0.5) is 5.69 Å². The third kappa shape index (κ3) is 3.45. The number of fused-ring (bicyclic) bond motifs is 1. The Kier molecular flexibility index (Phi) is 4.68. The molecule has 114 valence electrons. The Morgan fingerprint density at radius 3 is 2.73 bits per heavy atom. The molecule has 1 aliphatic heterocycles. The van der Waals surface area contributed by atoms with E-state index in [4.69, 9.17) is 4.74 Å². The number of anilines is 1. The molecular weight excluding hydrogens is 292 g/mol. The summed E-state index contributed by atoms with van der Waals surface area (Å²) in [6.07, 6.45) is 8.41. The molecule has 2 aromatic rings. The smallest absolute Gasteiger partial charge is 0.169 e. The molecule has 0 atom stereocenters. The molecule has 1 aromatic carbocycles. The summed E-state index contributed by atoms with van der Waals surface area (Å²) < 4.78 is 7.87. The van der Waals surface area contributed by atoms with Crippen LogP contribution in [0.25, 0.3) is 12.2 Å². The Hall–Kier alpha value is -1.94.